The fourth-order valence-corrected chi connectivity index (χ4v) is 4.02. The van der Waals surface area contributed by atoms with Gasteiger partial charge in [-0.3, -0.25) is 4.79 Å². The number of amides is 1. The van der Waals surface area contributed by atoms with Gasteiger partial charge in [0.05, 0.1) is 0 Å². The van der Waals surface area contributed by atoms with Crippen molar-refractivity contribution in [2.45, 2.75) is 44.7 Å². The van der Waals surface area contributed by atoms with Crippen LogP contribution in [0, 0.1) is 0 Å². The highest BCUT2D eigenvalue weighted by Crippen LogP contribution is 2.17. The van der Waals surface area contributed by atoms with Crippen molar-refractivity contribution in [1.29, 1.82) is 0 Å². The average Bonchev–Trinajstić information content (AvgIpc) is 2.93. The van der Waals surface area contributed by atoms with E-state index in [2.05, 4.69) is 23.2 Å². The highest BCUT2D eigenvalue weighted by molar-refractivity contribution is 6.30. The van der Waals surface area contributed by atoms with Crippen molar-refractivity contribution in [3.8, 4) is 0 Å². The molecule has 5 heteroatoms. The van der Waals surface area contributed by atoms with Crippen LogP contribution in [0.2, 0.25) is 5.02 Å². The van der Waals surface area contributed by atoms with Crippen LogP contribution in [-0.2, 0) is 11.2 Å². The van der Waals surface area contributed by atoms with Crippen LogP contribution in [0.1, 0.15) is 31.7 Å². The molecule has 0 saturated carbocycles. The lowest BCUT2D eigenvalue weighted by atomic mass is 10.0. The minimum Gasteiger partial charge on any atom is -0.341 e. The average molecular weight is 350 g/mol. The molecule has 0 radical (unpaired) electrons. The van der Waals surface area contributed by atoms with E-state index in [1.807, 2.05) is 23.1 Å². The summed E-state index contributed by atoms with van der Waals surface area (Å²) in [4.78, 5) is 16.8. The second-order valence-corrected chi connectivity index (χ2v) is 7.43. The molecule has 0 aromatic heterocycles. The number of hydrogen-bond acceptors (Lipinski definition) is 3. The van der Waals surface area contributed by atoms with Crippen LogP contribution in [-0.4, -0.2) is 60.5 Å². The smallest absolute Gasteiger partial charge is 0.224 e. The Kier molecular flexibility index (Phi) is 6.14. The van der Waals surface area contributed by atoms with Gasteiger partial charge in [-0.15, -0.1) is 0 Å². The Bertz CT molecular complexity index is 557. The SMILES string of the molecule is CCN1CCC(N[C@H]2CC(=O)N(CCc3cccc(Cl)c3)C2)CC1. The molecule has 3 rings (SSSR count). The summed E-state index contributed by atoms with van der Waals surface area (Å²) in [6, 6.07) is 8.79. The third-order valence-electron chi connectivity index (χ3n) is 5.28. The second-order valence-electron chi connectivity index (χ2n) is 7.00. The van der Waals surface area contributed by atoms with Crippen LogP contribution in [0.15, 0.2) is 24.3 Å². The van der Waals surface area contributed by atoms with Crippen molar-refractivity contribution in [1.82, 2.24) is 15.1 Å². The first-order chi connectivity index (χ1) is 11.6. The summed E-state index contributed by atoms with van der Waals surface area (Å²) in [5.74, 6) is 0.278. The van der Waals surface area contributed by atoms with Crippen molar-refractivity contribution < 1.29 is 4.79 Å². The molecular formula is C19H28ClN3O. The van der Waals surface area contributed by atoms with Gasteiger partial charge in [-0.2, -0.15) is 0 Å². The number of halogens is 1. The summed E-state index contributed by atoms with van der Waals surface area (Å²) in [7, 11) is 0. The maximum absolute atomic E-state index is 12.3. The number of nitrogens with zero attached hydrogens (tertiary/aromatic N) is 2. The summed E-state index contributed by atoms with van der Waals surface area (Å²) in [5.41, 5.74) is 1.19. The van der Waals surface area contributed by atoms with E-state index in [0.29, 0.717) is 18.5 Å². The Morgan fingerprint density at radius 2 is 2.04 bits per heavy atom. The van der Waals surface area contributed by atoms with E-state index in [1.54, 1.807) is 0 Å². The summed E-state index contributed by atoms with van der Waals surface area (Å²) in [6.45, 7) is 7.34. The molecule has 2 aliphatic rings. The number of hydrogen-bond donors (Lipinski definition) is 1. The number of likely N-dealkylation sites (tertiary alicyclic amines) is 2. The lowest BCUT2D eigenvalue weighted by Gasteiger charge is -2.33. The molecule has 1 N–H and O–H groups in total. The van der Waals surface area contributed by atoms with Gasteiger partial charge >= 0.3 is 0 Å². The molecule has 0 bridgehead atoms. The maximum Gasteiger partial charge on any atom is 0.224 e. The number of carbonyl (C=O) groups is 1. The molecule has 0 unspecified atom stereocenters. The van der Waals surface area contributed by atoms with Gasteiger partial charge in [0.2, 0.25) is 5.91 Å². The largest absolute Gasteiger partial charge is 0.341 e. The van der Waals surface area contributed by atoms with Crippen molar-refractivity contribution in [3.05, 3.63) is 34.9 Å². The highest BCUT2D eigenvalue weighted by Gasteiger charge is 2.31. The van der Waals surface area contributed by atoms with Crippen LogP contribution in [0.25, 0.3) is 0 Å². The van der Waals surface area contributed by atoms with Crippen molar-refractivity contribution in [3.63, 3.8) is 0 Å². The molecule has 4 nitrogen and oxygen atoms in total. The van der Waals surface area contributed by atoms with Crippen LogP contribution < -0.4 is 5.32 Å². The van der Waals surface area contributed by atoms with E-state index in [1.165, 1.54) is 31.5 Å². The standard InChI is InChI=1S/C19H28ClN3O/c1-2-22-9-7-17(8-10-22)21-18-13-19(24)23(14-18)11-6-15-4-3-5-16(20)12-15/h3-5,12,17-18,21H,2,6-11,13-14H2,1H3/t18-/m0/s1. The molecule has 1 amide bonds. The number of carbonyl (C=O) groups excluding carboxylic acids is 1. The second kappa shape index (κ2) is 8.32. The molecule has 2 heterocycles. The normalized spacial score (nSPS) is 23.2. The number of piperidine rings is 1. The molecule has 0 spiro atoms. The molecule has 132 valence electrons. The molecule has 1 aromatic rings. The Balaban J connectivity index is 1.44. The van der Waals surface area contributed by atoms with Crippen molar-refractivity contribution in [2.75, 3.05) is 32.7 Å². The lowest BCUT2D eigenvalue weighted by molar-refractivity contribution is -0.127. The van der Waals surface area contributed by atoms with E-state index in [9.17, 15) is 4.79 Å². The number of nitrogens with one attached hydrogen (secondary N) is 1. The summed E-state index contributed by atoms with van der Waals surface area (Å²) in [5, 5.41) is 4.48. The first-order valence-electron chi connectivity index (χ1n) is 9.14. The van der Waals surface area contributed by atoms with Crippen LogP contribution in [0.4, 0.5) is 0 Å². The molecule has 1 atom stereocenters. The van der Waals surface area contributed by atoms with E-state index in [4.69, 9.17) is 11.6 Å². The van der Waals surface area contributed by atoms with Gasteiger partial charge in [0, 0.05) is 36.6 Å². The monoisotopic (exact) mass is 349 g/mol. The molecule has 0 aliphatic carbocycles. The minimum atomic E-state index is 0.278. The predicted octanol–water partition coefficient (Wildman–Crippen LogP) is 2.56. The lowest BCUT2D eigenvalue weighted by Crippen LogP contribution is -2.46. The maximum atomic E-state index is 12.3. The molecule has 2 saturated heterocycles. The zero-order valence-corrected chi connectivity index (χ0v) is 15.3. The molecule has 2 fully saturated rings. The van der Waals surface area contributed by atoms with Crippen LogP contribution in [0.3, 0.4) is 0 Å². The first kappa shape index (κ1) is 17.7. The Morgan fingerprint density at radius 1 is 1.25 bits per heavy atom. The van der Waals surface area contributed by atoms with Gasteiger partial charge in [0.25, 0.3) is 0 Å². The van der Waals surface area contributed by atoms with Gasteiger partial charge in [0.1, 0.15) is 0 Å². The van der Waals surface area contributed by atoms with Gasteiger partial charge in [-0.25, -0.2) is 0 Å². The van der Waals surface area contributed by atoms with E-state index < -0.39 is 0 Å². The van der Waals surface area contributed by atoms with Gasteiger partial charge in [0.15, 0.2) is 0 Å². The first-order valence-corrected chi connectivity index (χ1v) is 9.52. The third kappa shape index (κ3) is 4.71. The van der Waals surface area contributed by atoms with Crippen LogP contribution >= 0.6 is 11.6 Å². The quantitative estimate of drug-likeness (QED) is 0.857. The van der Waals surface area contributed by atoms with Crippen molar-refractivity contribution >= 4 is 17.5 Å². The van der Waals surface area contributed by atoms with Crippen LogP contribution in [0.5, 0.6) is 0 Å². The topological polar surface area (TPSA) is 35.6 Å². The Hall–Kier alpha value is -1.10. The summed E-state index contributed by atoms with van der Waals surface area (Å²) in [6.07, 6.45) is 3.90. The fourth-order valence-electron chi connectivity index (χ4n) is 3.81. The summed E-state index contributed by atoms with van der Waals surface area (Å²) >= 11 is 6.03. The molecule has 2 aliphatic heterocycles. The summed E-state index contributed by atoms with van der Waals surface area (Å²) < 4.78 is 0. The Labute approximate surface area is 150 Å². The predicted molar refractivity (Wildman–Crippen MR) is 98.4 cm³/mol. The molecular weight excluding hydrogens is 322 g/mol. The number of benzene rings is 1. The Morgan fingerprint density at radius 3 is 2.75 bits per heavy atom. The highest BCUT2D eigenvalue weighted by atomic mass is 35.5. The fraction of sp³-hybridized carbons (Fsp3) is 0.632. The molecule has 24 heavy (non-hydrogen) atoms. The zero-order chi connectivity index (χ0) is 16.9. The zero-order valence-electron chi connectivity index (χ0n) is 14.5. The third-order valence-corrected chi connectivity index (χ3v) is 5.52. The van der Waals surface area contributed by atoms with Gasteiger partial charge < -0.3 is 15.1 Å². The minimum absolute atomic E-state index is 0.278. The van der Waals surface area contributed by atoms with Gasteiger partial charge in [-0.05, 0) is 56.6 Å². The molecule has 1 aromatic carbocycles. The van der Waals surface area contributed by atoms with E-state index in [0.717, 1.165) is 31.1 Å². The van der Waals surface area contributed by atoms with E-state index >= 15 is 0 Å². The number of rotatable bonds is 6. The van der Waals surface area contributed by atoms with Crippen molar-refractivity contribution in [2.24, 2.45) is 0 Å². The van der Waals surface area contributed by atoms with E-state index in [-0.39, 0.29) is 5.91 Å². The van der Waals surface area contributed by atoms with Gasteiger partial charge in [-0.1, -0.05) is 30.7 Å².